The quantitative estimate of drug-likeness (QED) is 0.535. The number of urea groups is 1. The third-order valence-electron chi connectivity index (χ3n) is 2.99. The first-order valence-corrected chi connectivity index (χ1v) is 7.21. The molecule has 19 heavy (non-hydrogen) atoms. The van der Waals surface area contributed by atoms with Crippen molar-refractivity contribution < 1.29 is 14.7 Å². The second-order valence-corrected chi connectivity index (χ2v) is 5.35. The zero-order chi connectivity index (χ0) is 14.7. The molecule has 0 bridgehead atoms. The summed E-state index contributed by atoms with van der Waals surface area (Å²) in [4.78, 5) is 22.3. The second kappa shape index (κ2) is 10.6. The van der Waals surface area contributed by atoms with E-state index in [1.54, 1.807) is 0 Å². The normalized spacial score (nSPS) is 12.2. The summed E-state index contributed by atoms with van der Waals surface area (Å²) in [5.41, 5.74) is 0. The number of unbranched alkanes of at least 4 members (excludes halogenated alkanes) is 1. The average molecular weight is 272 g/mol. The van der Waals surface area contributed by atoms with Crippen molar-refractivity contribution in [2.45, 2.75) is 52.9 Å². The van der Waals surface area contributed by atoms with Crippen molar-refractivity contribution in [2.24, 2.45) is 11.8 Å². The Morgan fingerprint density at radius 1 is 1.11 bits per heavy atom. The van der Waals surface area contributed by atoms with Gasteiger partial charge in [-0.1, -0.05) is 40.0 Å². The van der Waals surface area contributed by atoms with Crippen LogP contribution in [0.5, 0.6) is 0 Å². The molecule has 0 aromatic carbocycles. The van der Waals surface area contributed by atoms with Crippen LogP contribution in [0.25, 0.3) is 0 Å². The topological polar surface area (TPSA) is 78.4 Å². The third kappa shape index (κ3) is 10.4. The largest absolute Gasteiger partial charge is 0.481 e. The van der Waals surface area contributed by atoms with Crippen molar-refractivity contribution in [3.8, 4) is 0 Å². The smallest absolute Gasteiger partial charge is 0.314 e. The maximum absolute atomic E-state index is 11.5. The predicted octanol–water partition coefficient (Wildman–Crippen LogP) is 2.61. The number of rotatable bonds is 10. The van der Waals surface area contributed by atoms with Crippen LogP contribution in [-0.2, 0) is 4.79 Å². The molecule has 0 saturated heterocycles. The van der Waals surface area contributed by atoms with Crippen LogP contribution >= 0.6 is 0 Å². The Hall–Kier alpha value is -1.26. The van der Waals surface area contributed by atoms with Crippen LogP contribution in [0.15, 0.2) is 0 Å². The summed E-state index contributed by atoms with van der Waals surface area (Å²) in [5, 5.41) is 14.3. The molecule has 112 valence electrons. The van der Waals surface area contributed by atoms with Crippen molar-refractivity contribution >= 4 is 12.0 Å². The van der Waals surface area contributed by atoms with E-state index in [0.717, 1.165) is 19.3 Å². The van der Waals surface area contributed by atoms with Gasteiger partial charge in [0, 0.05) is 13.1 Å². The number of aliphatic carboxylic acids is 1. The van der Waals surface area contributed by atoms with Gasteiger partial charge in [0.2, 0.25) is 0 Å². The standard InChI is InChI=1S/C14H28N2O3/c1-4-7-12(13(17)18)10-16-14(19)15-9-6-5-8-11(2)3/h11-12H,4-10H2,1-3H3,(H,17,18)(H2,15,16,19). The summed E-state index contributed by atoms with van der Waals surface area (Å²) in [7, 11) is 0. The van der Waals surface area contributed by atoms with Gasteiger partial charge in [-0.25, -0.2) is 4.79 Å². The van der Waals surface area contributed by atoms with Crippen molar-refractivity contribution in [1.29, 1.82) is 0 Å². The van der Waals surface area contributed by atoms with Gasteiger partial charge in [-0.2, -0.15) is 0 Å². The molecule has 5 heteroatoms. The molecule has 3 N–H and O–H groups in total. The van der Waals surface area contributed by atoms with E-state index >= 15 is 0 Å². The molecule has 0 radical (unpaired) electrons. The number of carbonyl (C=O) groups excluding carboxylic acids is 1. The molecule has 0 spiro atoms. The highest BCUT2D eigenvalue weighted by molar-refractivity contribution is 5.75. The number of carboxylic acid groups (broad SMARTS) is 1. The van der Waals surface area contributed by atoms with Crippen LogP contribution in [-0.4, -0.2) is 30.2 Å². The highest BCUT2D eigenvalue weighted by Gasteiger charge is 2.16. The van der Waals surface area contributed by atoms with Crippen LogP contribution in [0, 0.1) is 11.8 Å². The fourth-order valence-corrected chi connectivity index (χ4v) is 1.82. The fraction of sp³-hybridized carbons (Fsp3) is 0.857. The Morgan fingerprint density at radius 3 is 2.32 bits per heavy atom. The molecular formula is C14H28N2O3. The minimum Gasteiger partial charge on any atom is -0.481 e. The summed E-state index contributed by atoms with van der Waals surface area (Å²) in [5.74, 6) is -0.644. The molecule has 0 aliphatic rings. The number of amides is 2. The van der Waals surface area contributed by atoms with Gasteiger partial charge in [0.15, 0.2) is 0 Å². The molecule has 0 heterocycles. The molecule has 0 aromatic heterocycles. The molecule has 5 nitrogen and oxygen atoms in total. The van der Waals surface area contributed by atoms with Gasteiger partial charge >= 0.3 is 12.0 Å². The van der Waals surface area contributed by atoms with Crippen molar-refractivity contribution in [2.75, 3.05) is 13.1 Å². The lowest BCUT2D eigenvalue weighted by Gasteiger charge is -2.13. The number of hydrogen-bond acceptors (Lipinski definition) is 2. The van der Waals surface area contributed by atoms with Gasteiger partial charge in [-0.05, 0) is 18.8 Å². The Kier molecular flexibility index (Phi) is 9.94. The Balaban J connectivity index is 3.65. The Morgan fingerprint density at radius 2 is 1.79 bits per heavy atom. The summed E-state index contributed by atoms with van der Waals surface area (Å²) < 4.78 is 0. The van der Waals surface area contributed by atoms with Gasteiger partial charge in [-0.3, -0.25) is 4.79 Å². The summed E-state index contributed by atoms with van der Waals surface area (Å²) in [6.07, 6.45) is 4.62. The zero-order valence-electron chi connectivity index (χ0n) is 12.4. The second-order valence-electron chi connectivity index (χ2n) is 5.35. The van der Waals surface area contributed by atoms with E-state index in [2.05, 4.69) is 24.5 Å². The van der Waals surface area contributed by atoms with E-state index in [4.69, 9.17) is 5.11 Å². The predicted molar refractivity (Wildman–Crippen MR) is 76.1 cm³/mol. The lowest BCUT2D eigenvalue weighted by atomic mass is 10.0. The summed E-state index contributed by atoms with van der Waals surface area (Å²) >= 11 is 0. The Bertz CT molecular complexity index is 267. The zero-order valence-corrected chi connectivity index (χ0v) is 12.4. The van der Waals surface area contributed by atoms with Crippen LogP contribution in [0.1, 0.15) is 52.9 Å². The number of nitrogens with one attached hydrogen (secondary N) is 2. The first-order valence-electron chi connectivity index (χ1n) is 7.21. The van der Waals surface area contributed by atoms with Gasteiger partial charge in [0.05, 0.1) is 5.92 Å². The molecule has 0 aromatic rings. The summed E-state index contributed by atoms with van der Waals surface area (Å²) in [6, 6.07) is -0.271. The molecule has 0 aliphatic heterocycles. The highest BCUT2D eigenvalue weighted by atomic mass is 16.4. The van der Waals surface area contributed by atoms with Crippen LogP contribution < -0.4 is 10.6 Å². The maximum Gasteiger partial charge on any atom is 0.314 e. The minimum atomic E-state index is -0.848. The number of hydrogen-bond donors (Lipinski definition) is 3. The monoisotopic (exact) mass is 272 g/mol. The highest BCUT2D eigenvalue weighted by Crippen LogP contribution is 2.06. The van der Waals surface area contributed by atoms with Crippen molar-refractivity contribution in [3.05, 3.63) is 0 Å². The van der Waals surface area contributed by atoms with Gasteiger partial charge in [-0.15, -0.1) is 0 Å². The molecular weight excluding hydrogens is 244 g/mol. The molecule has 1 atom stereocenters. The fourth-order valence-electron chi connectivity index (χ4n) is 1.82. The first-order chi connectivity index (χ1) is 8.97. The van der Waals surface area contributed by atoms with Gasteiger partial charge < -0.3 is 15.7 Å². The van der Waals surface area contributed by atoms with Gasteiger partial charge in [0.1, 0.15) is 0 Å². The van der Waals surface area contributed by atoms with Crippen molar-refractivity contribution in [1.82, 2.24) is 10.6 Å². The van der Waals surface area contributed by atoms with Gasteiger partial charge in [0.25, 0.3) is 0 Å². The Labute approximate surface area is 116 Å². The van der Waals surface area contributed by atoms with E-state index < -0.39 is 11.9 Å². The van der Waals surface area contributed by atoms with E-state index in [1.165, 1.54) is 6.42 Å². The molecule has 1 unspecified atom stereocenters. The lowest BCUT2D eigenvalue weighted by molar-refractivity contribution is -0.141. The SMILES string of the molecule is CCCC(CNC(=O)NCCCCC(C)C)C(=O)O. The number of carbonyl (C=O) groups is 2. The molecule has 2 amide bonds. The summed E-state index contributed by atoms with van der Waals surface area (Å²) in [6.45, 7) is 7.13. The molecule has 0 rings (SSSR count). The first kappa shape index (κ1) is 17.7. The number of carboxylic acids is 1. The molecule has 0 saturated carbocycles. The molecule has 0 fully saturated rings. The lowest BCUT2D eigenvalue weighted by Crippen LogP contribution is -2.40. The third-order valence-corrected chi connectivity index (χ3v) is 2.99. The van der Waals surface area contributed by atoms with Crippen molar-refractivity contribution in [3.63, 3.8) is 0 Å². The van der Waals surface area contributed by atoms with E-state index in [-0.39, 0.29) is 12.6 Å². The van der Waals surface area contributed by atoms with Crippen LogP contribution in [0.4, 0.5) is 4.79 Å². The van der Waals surface area contributed by atoms with E-state index in [0.29, 0.717) is 18.9 Å². The average Bonchev–Trinajstić information content (AvgIpc) is 2.33. The van der Waals surface area contributed by atoms with E-state index in [1.807, 2.05) is 6.92 Å². The van der Waals surface area contributed by atoms with E-state index in [9.17, 15) is 9.59 Å². The maximum atomic E-state index is 11.5. The van der Waals surface area contributed by atoms with Crippen LogP contribution in [0.2, 0.25) is 0 Å². The van der Waals surface area contributed by atoms with Crippen LogP contribution in [0.3, 0.4) is 0 Å². The molecule has 0 aliphatic carbocycles. The minimum absolute atomic E-state index is 0.195.